The summed E-state index contributed by atoms with van der Waals surface area (Å²) < 4.78 is 61.0. The van der Waals surface area contributed by atoms with E-state index in [0.717, 1.165) is 25.3 Å². The molecule has 16 heteroatoms. The predicted molar refractivity (Wildman–Crippen MR) is 199 cm³/mol. The molecule has 3 atom stereocenters. The van der Waals surface area contributed by atoms with Crippen molar-refractivity contribution in [1.82, 2.24) is 30.2 Å². The number of carbonyl (C=O) groups is 4. The van der Waals surface area contributed by atoms with Crippen LogP contribution in [0.2, 0.25) is 0 Å². The fourth-order valence-corrected chi connectivity index (χ4v) is 7.75. The topological polar surface area (TPSA) is 177 Å². The van der Waals surface area contributed by atoms with Crippen LogP contribution in [0.5, 0.6) is 5.88 Å². The maximum absolute atomic E-state index is 14.6. The van der Waals surface area contributed by atoms with Gasteiger partial charge in [0.15, 0.2) is 5.82 Å². The summed E-state index contributed by atoms with van der Waals surface area (Å²) in [5.74, 6) is -3.54. The number of halogens is 2. The van der Waals surface area contributed by atoms with Gasteiger partial charge in [-0.05, 0) is 95.0 Å². The fraction of sp³-hybridized carbons (Fsp3) is 0.487. The number of nitrogens with one attached hydrogen (secondary N) is 3. The van der Waals surface area contributed by atoms with Crippen LogP contribution in [0.15, 0.2) is 54.6 Å². The number of para-hydroxylation sites is 1. The van der Waals surface area contributed by atoms with Crippen molar-refractivity contribution in [2.24, 2.45) is 5.92 Å². The Bertz CT molecular complexity index is 2090. The molecule has 4 amide bonds. The number of amides is 4. The molecular formula is C39H46F2N6O7S. The minimum Gasteiger partial charge on any atom is -0.471 e. The lowest BCUT2D eigenvalue weighted by molar-refractivity contribution is -0.140. The first kappa shape index (κ1) is 39.7. The lowest BCUT2D eigenvalue weighted by atomic mass is 10.0. The average Bonchev–Trinajstić information content (AvgIpc) is 4.08. The second kappa shape index (κ2) is 16.8. The molecule has 3 fully saturated rings. The number of hydrogen-bond donors (Lipinski definition) is 3. The maximum Gasteiger partial charge on any atom is 0.252 e. The van der Waals surface area contributed by atoms with E-state index < -0.39 is 74.8 Å². The Hall–Kier alpha value is -4.99. The lowest BCUT2D eigenvalue weighted by Crippen LogP contribution is -2.54. The van der Waals surface area contributed by atoms with Crippen molar-refractivity contribution in [2.45, 2.75) is 101 Å². The van der Waals surface area contributed by atoms with E-state index in [0.29, 0.717) is 36.4 Å². The Morgan fingerprint density at radius 3 is 2.55 bits per heavy atom. The van der Waals surface area contributed by atoms with Gasteiger partial charge in [-0.25, -0.2) is 27.2 Å². The number of aryl methyl sites for hydroxylation is 1. The third-order valence-corrected chi connectivity index (χ3v) is 12.5. The molecule has 2 aliphatic carbocycles. The molecule has 3 aromatic rings. The minimum absolute atomic E-state index is 0.000837. The van der Waals surface area contributed by atoms with E-state index in [2.05, 4.69) is 32.8 Å². The van der Waals surface area contributed by atoms with Crippen LogP contribution in [0, 0.1) is 24.5 Å². The summed E-state index contributed by atoms with van der Waals surface area (Å²) in [6, 6.07) is 7.09. The summed E-state index contributed by atoms with van der Waals surface area (Å²) in [4.78, 5) is 64.1. The van der Waals surface area contributed by atoms with Crippen LogP contribution in [-0.4, -0.2) is 82.9 Å². The normalized spacial score (nSPS) is 19.6. The van der Waals surface area contributed by atoms with Crippen molar-refractivity contribution in [1.29, 1.82) is 0 Å². The van der Waals surface area contributed by atoms with E-state index in [1.807, 2.05) is 4.72 Å². The number of benzene rings is 2. The number of carbonyl (C=O) groups excluding carboxylic acids is 4. The molecule has 294 valence electrons. The van der Waals surface area contributed by atoms with Crippen LogP contribution in [-0.2, 0) is 24.4 Å². The van der Waals surface area contributed by atoms with Crippen molar-refractivity contribution in [3.05, 3.63) is 77.5 Å². The van der Waals surface area contributed by atoms with Gasteiger partial charge in [-0.2, -0.15) is 0 Å². The van der Waals surface area contributed by atoms with Crippen molar-refractivity contribution in [2.75, 3.05) is 13.1 Å². The zero-order valence-corrected chi connectivity index (χ0v) is 31.7. The number of ether oxygens (including phenoxy) is 1. The van der Waals surface area contributed by atoms with Gasteiger partial charge < -0.3 is 20.3 Å². The molecule has 2 saturated carbocycles. The second-order valence-electron chi connectivity index (χ2n) is 14.8. The number of unbranched alkanes of at least 4 members (excludes halogenated alkanes) is 3. The highest BCUT2D eigenvalue weighted by Crippen LogP contribution is 2.42. The summed E-state index contributed by atoms with van der Waals surface area (Å²) in [5, 5.41) is 5.19. The average molecular weight is 781 g/mol. The van der Waals surface area contributed by atoms with Gasteiger partial charge in [0.25, 0.3) is 11.8 Å². The quantitative estimate of drug-likeness (QED) is 0.133. The van der Waals surface area contributed by atoms with Gasteiger partial charge in [0.1, 0.15) is 35.2 Å². The van der Waals surface area contributed by atoms with Crippen molar-refractivity contribution in [3.63, 3.8) is 0 Å². The van der Waals surface area contributed by atoms with Crippen LogP contribution in [0.25, 0.3) is 11.0 Å². The van der Waals surface area contributed by atoms with E-state index in [4.69, 9.17) is 4.74 Å². The first-order valence-corrected chi connectivity index (χ1v) is 20.2. The van der Waals surface area contributed by atoms with Gasteiger partial charge in [0.05, 0.1) is 23.4 Å². The highest BCUT2D eigenvalue weighted by Gasteiger charge is 2.51. The zero-order valence-electron chi connectivity index (χ0n) is 30.9. The molecule has 2 heterocycles. The molecule has 0 radical (unpaired) electrons. The molecule has 13 nitrogen and oxygen atoms in total. The molecule has 6 rings (SSSR count). The van der Waals surface area contributed by atoms with Gasteiger partial charge in [-0.15, -0.1) is 0 Å². The minimum atomic E-state index is -3.95. The third-order valence-electron chi connectivity index (χ3n) is 10.3. The third kappa shape index (κ3) is 10.0. The second-order valence-corrected chi connectivity index (χ2v) is 17.0. The molecule has 0 bridgehead atoms. The Balaban J connectivity index is 1.20. The Kier molecular flexibility index (Phi) is 12.1. The number of sulfonamides is 1. The van der Waals surface area contributed by atoms with Crippen molar-refractivity contribution in [3.8, 4) is 5.88 Å². The van der Waals surface area contributed by atoms with Crippen LogP contribution < -0.4 is 20.1 Å². The molecule has 1 aliphatic heterocycles. The van der Waals surface area contributed by atoms with Gasteiger partial charge >= 0.3 is 0 Å². The first-order valence-electron chi connectivity index (χ1n) is 18.7. The summed E-state index contributed by atoms with van der Waals surface area (Å²) >= 11 is 0. The number of allylic oxidation sites excluding steroid dienone is 2. The Morgan fingerprint density at radius 1 is 1.05 bits per heavy atom. The Labute approximate surface area is 318 Å². The molecule has 0 spiro atoms. The predicted octanol–water partition coefficient (Wildman–Crippen LogP) is 4.39. The highest BCUT2D eigenvalue weighted by atomic mass is 32.2. The fourth-order valence-electron chi connectivity index (χ4n) is 6.49. The zero-order chi connectivity index (χ0) is 39.3. The van der Waals surface area contributed by atoms with E-state index in [9.17, 15) is 36.4 Å². The molecule has 55 heavy (non-hydrogen) atoms. The van der Waals surface area contributed by atoms with Crippen LogP contribution >= 0.6 is 0 Å². The summed E-state index contributed by atoms with van der Waals surface area (Å²) in [6.07, 6.45) is 10.0. The monoisotopic (exact) mass is 780 g/mol. The molecule has 3 aliphatic rings. The van der Waals surface area contributed by atoms with E-state index in [-0.39, 0.29) is 36.3 Å². The SMILES string of the molecule is Cc1nc2cccc(F)c2nc1O[C@@H]1C[C@@H](C(=O)NCC(=O)NS(=O)(=O)C2(C)CC2)N(C(=O)[C@H](CCCCC/C=C\C2CC2)NC(=O)c2cccc(F)c2)C1. The molecule has 1 aromatic heterocycles. The first-order chi connectivity index (χ1) is 26.2. The van der Waals surface area contributed by atoms with Gasteiger partial charge in [-0.3, -0.25) is 23.9 Å². The van der Waals surface area contributed by atoms with Crippen LogP contribution in [0.1, 0.15) is 87.2 Å². The largest absolute Gasteiger partial charge is 0.471 e. The number of likely N-dealkylation sites (tertiary alicyclic amines) is 1. The summed E-state index contributed by atoms with van der Waals surface area (Å²) in [6.45, 7) is 2.32. The van der Waals surface area contributed by atoms with Gasteiger partial charge in [0.2, 0.25) is 27.7 Å². The standard InChI is InChI=1S/C39H46F2N6O7S/c1-24-37(45-34-29(41)13-9-15-30(34)43-24)54-28-21-32(36(50)42-22-33(48)46-55(52,53)39(2)18-19-39)47(23-28)38(51)31(14-7-5-3-4-6-10-25-16-17-25)44-35(49)26-11-8-12-27(40)20-26/h6,8-13,15,20,25,28,31-32H,3-5,7,14,16-19,21-23H2,1-2H3,(H,42,50)(H,44,49)(H,46,48)/b10-6-/t28-,31+,32+/m1/s1. The highest BCUT2D eigenvalue weighted by molar-refractivity contribution is 7.91. The Morgan fingerprint density at radius 2 is 1.82 bits per heavy atom. The summed E-state index contributed by atoms with van der Waals surface area (Å²) in [5.41, 5.74) is 0.654. The number of aromatic nitrogens is 2. The van der Waals surface area contributed by atoms with Crippen LogP contribution in [0.4, 0.5) is 8.78 Å². The smallest absolute Gasteiger partial charge is 0.252 e. The van der Waals surface area contributed by atoms with Crippen LogP contribution in [0.3, 0.4) is 0 Å². The van der Waals surface area contributed by atoms with E-state index in [1.54, 1.807) is 13.0 Å². The van der Waals surface area contributed by atoms with Crippen molar-refractivity contribution >= 4 is 44.7 Å². The summed E-state index contributed by atoms with van der Waals surface area (Å²) in [7, 11) is -3.95. The molecule has 2 aromatic carbocycles. The molecule has 3 N–H and O–H groups in total. The molecule has 0 unspecified atom stereocenters. The van der Waals surface area contributed by atoms with Crippen molar-refractivity contribution < 1.29 is 41.1 Å². The molecular weight excluding hydrogens is 735 g/mol. The molecule has 1 saturated heterocycles. The van der Waals surface area contributed by atoms with E-state index >= 15 is 0 Å². The number of rotatable bonds is 17. The van der Waals surface area contributed by atoms with Gasteiger partial charge in [0, 0.05) is 12.0 Å². The lowest BCUT2D eigenvalue weighted by Gasteiger charge is -2.28. The number of hydrogen-bond acceptors (Lipinski definition) is 9. The van der Waals surface area contributed by atoms with E-state index in [1.165, 1.54) is 55.0 Å². The maximum atomic E-state index is 14.6. The van der Waals surface area contributed by atoms with Gasteiger partial charge in [-0.1, -0.05) is 37.1 Å². The number of fused-ring (bicyclic) bond motifs is 1. The number of nitrogens with zero attached hydrogens (tertiary/aromatic N) is 3.